The van der Waals surface area contributed by atoms with Crippen LogP contribution in [0.1, 0.15) is 0 Å². The van der Waals surface area contributed by atoms with Crippen LogP contribution in [0.5, 0.6) is 11.6 Å². The van der Waals surface area contributed by atoms with Gasteiger partial charge in [-0.15, -0.1) is 0 Å². The maximum Gasteiger partial charge on any atom is 0.238 e. The first kappa shape index (κ1) is 10.3. The zero-order valence-electron chi connectivity index (χ0n) is 7.39. The highest BCUT2D eigenvalue weighted by molar-refractivity contribution is 9.10. The van der Waals surface area contributed by atoms with Crippen molar-refractivity contribution in [3.8, 4) is 11.6 Å². The fourth-order valence-electron chi connectivity index (χ4n) is 0.922. The van der Waals surface area contributed by atoms with Gasteiger partial charge in [-0.25, -0.2) is 4.98 Å². The molecule has 0 aliphatic carbocycles. The van der Waals surface area contributed by atoms with E-state index < -0.39 is 0 Å². The van der Waals surface area contributed by atoms with E-state index in [1.807, 2.05) is 0 Å². The molecule has 0 saturated carbocycles. The number of hydrogen-bond donors (Lipinski definition) is 0. The lowest BCUT2D eigenvalue weighted by Crippen LogP contribution is -1.91. The minimum Gasteiger partial charge on any atom is -0.436 e. The number of pyridine rings is 1. The number of rotatable bonds is 2. The SMILES string of the molecule is Clc1ncc(Br)c(Oc2cccnc2)n1. The van der Waals surface area contributed by atoms with E-state index in [2.05, 4.69) is 30.9 Å². The van der Waals surface area contributed by atoms with Gasteiger partial charge in [0.15, 0.2) is 0 Å². The molecule has 0 N–H and O–H groups in total. The normalized spacial score (nSPS) is 10.0. The summed E-state index contributed by atoms with van der Waals surface area (Å²) in [5.41, 5.74) is 0. The molecule has 0 radical (unpaired) electrons. The first-order valence-electron chi connectivity index (χ1n) is 4.01. The van der Waals surface area contributed by atoms with Gasteiger partial charge in [0.2, 0.25) is 11.2 Å². The smallest absolute Gasteiger partial charge is 0.238 e. The van der Waals surface area contributed by atoms with Crippen LogP contribution in [0.25, 0.3) is 0 Å². The molecule has 0 saturated heterocycles. The third-order valence-electron chi connectivity index (χ3n) is 1.53. The van der Waals surface area contributed by atoms with Crippen molar-refractivity contribution in [1.29, 1.82) is 0 Å². The molecule has 0 atom stereocenters. The van der Waals surface area contributed by atoms with E-state index in [0.29, 0.717) is 16.1 Å². The molecule has 15 heavy (non-hydrogen) atoms. The third kappa shape index (κ3) is 2.64. The Morgan fingerprint density at radius 1 is 1.33 bits per heavy atom. The van der Waals surface area contributed by atoms with Crippen LogP contribution >= 0.6 is 27.5 Å². The maximum absolute atomic E-state index is 5.64. The highest BCUT2D eigenvalue weighted by Gasteiger charge is 2.06. The highest BCUT2D eigenvalue weighted by atomic mass is 79.9. The van der Waals surface area contributed by atoms with Crippen molar-refractivity contribution in [3.05, 3.63) is 40.5 Å². The van der Waals surface area contributed by atoms with Gasteiger partial charge in [0.1, 0.15) is 5.75 Å². The quantitative estimate of drug-likeness (QED) is 0.796. The minimum atomic E-state index is 0.136. The zero-order chi connectivity index (χ0) is 10.7. The molecule has 0 spiro atoms. The van der Waals surface area contributed by atoms with Crippen LogP contribution < -0.4 is 4.74 Å². The van der Waals surface area contributed by atoms with E-state index in [1.54, 1.807) is 24.5 Å². The Labute approximate surface area is 99.4 Å². The number of ether oxygens (including phenoxy) is 1. The average molecular weight is 287 g/mol. The van der Waals surface area contributed by atoms with Crippen molar-refractivity contribution in [2.75, 3.05) is 0 Å². The second-order valence-electron chi connectivity index (χ2n) is 2.58. The van der Waals surface area contributed by atoms with Gasteiger partial charge >= 0.3 is 0 Å². The maximum atomic E-state index is 5.64. The summed E-state index contributed by atoms with van der Waals surface area (Å²) >= 11 is 8.90. The molecule has 0 unspecified atom stereocenters. The Kier molecular flexibility index (Phi) is 3.13. The molecular formula is C9H5BrClN3O. The molecule has 2 aromatic heterocycles. The van der Waals surface area contributed by atoms with Crippen LogP contribution in [0, 0.1) is 0 Å². The fourth-order valence-corrected chi connectivity index (χ4v) is 1.32. The van der Waals surface area contributed by atoms with Gasteiger partial charge in [0, 0.05) is 12.4 Å². The first-order chi connectivity index (χ1) is 7.25. The monoisotopic (exact) mass is 285 g/mol. The molecule has 6 heteroatoms. The molecule has 0 aromatic carbocycles. The standard InChI is InChI=1S/C9H5BrClN3O/c10-7-5-13-9(11)14-8(7)15-6-2-1-3-12-4-6/h1-5H. The Balaban J connectivity index is 2.28. The molecule has 2 aromatic rings. The number of hydrogen-bond acceptors (Lipinski definition) is 4. The molecule has 0 aliphatic rings. The van der Waals surface area contributed by atoms with Gasteiger partial charge in [-0.2, -0.15) is 4.98 Å². The van der Waals surface area contributed by atoms with Gasteiger partial charge < -0.3 is 4.74 Å². The predicted molar refractivity (Wildman–Crippen MR) is 59.1 cm³/mol. The van der Waals surface area contributed by atoms with Gasteiger partial charge in [0.05, 0.1) is 10.7 Å². The molecule has 0 aliphatic heterocycles. The first-order valence-corrected chi connectivity index (χ1v) is 5.19. The van der Waals surface area contributed by atoms with Crippen LogP contribution in [-0.2, 0) is 0 Å². The molecular weight excluding hydrogens is 281 g/mol. The van der Waals surface area contributed by atoms with Crippen LogP contribution in [0.15, 0.2) is 35.2 Å². The molecule has 4 nitrogen and oxygen atoms in total. The van der Waals surface area contributed by atoms with Crippen molar-refractivity contribution >= 4 is 27.5 Å². The lowest BCUT2D eigenvalue weighted by molar-refractivity contribution is 0.456. The second kappa shape index (κ2) is 4.55. The molecule has 0 fully saturated rings. The van der Waals surface area contributed by atoms with Crippen LogP contribution in [0.3, 0.4) is 0 Å². The zero-order valence-corrected chi connectivity index (χ0v) is 9.73. The van der Waals surface area contributed by atoms with Crippen molar-refractivity contribution < 1.29 is 4.74 Å². The Bertz CT molecular complexity index is 466. The van der Waals surface area contributed by atoms with Crippen LogP contribution in [0.2, 0.25) is 5.28 Å². The molecule has 76 valence electrons. The second-order valence-corrected chi connectivity index (χ2v) is 3.78. The number of nitrogens with zero attached hydrogens (tertiary/aromatic N) is 3. The Morgan fingerprint density at radius 2 is 2.20 bits per heavy atom. The minimum absolute atomic E-state index is 0.136. The summed E-state index contributed by atoms with van der Waals surface area (Å²) in [7, 11) is 0. The average Bonchev–Trinajstić information content (AvgIpc) is 2.25. The van der Waals surface area contributed by atoms with E-state index in [1.165, 1.54) is 6.20 Å². The van der Waals surface area contributed by atoms with E-state index >= 15 is 0 Å². The van der Waals surface area contributed by atoms with Crippen molar-refractivity contribution in [2.24, 2.45) is 0 Å². The summed E-state index contributed by atoms with van der Waals surface area (Å²) in [6.07, 6.45) is 4.78. The van der Waals surface area contributed by atoms with E-state index in [4.69, 9.17) is 16.3 Å². The van der Waals surface area contributed by atoms with Gasteiger partial charge in [-0.3, -0.25) is 4.98 Å². The van der Waals surface area contributed by atoms with Crippen molar-refractivity contribution in [1.82, 2.24) is 15.0 Å². The number of halogens is 2. The fraction of sp³-hybridized carbons (Fsp3) is 0. The van der Waals surface area contributed by atoms with Crippen LogP contribution in [0.4, 0.5) is 0 Å². The van der Waals surface area contributed by atoms with Crippen molar-refractivity contribution in [3.63, 3.8) is 0 Å². The Morgan fingerprint density at radius 3 is 2.93 bits per heavy atom. The van der Waals surface area contributed by atoms with E-state index in [-0.39, 0.29) is 5.28 Å². The lowest BCUT2D eigenvalue weighted by atomic mass is 10.5. The lowest BCUT2D eigenvalue weighted by Gasteiger charge is -2.05. The molecule has 2 rings (SSSR count). The van der Waals surface area contributed by atoms with Crippen molar-refractivity contribution in [2.45, 2.75) is 0 Å². The Hall–Kier alpha value is -1.20. The summed E-state index contributed by atoms with van der Waals surface area (Å²) in [4.78, 5) is 11.6. The molecule has 0 bridgehead atoms. The van der Waals surface area contributed by atoms with Crippen LogP contribution in [-0.4, -0.2) is 15.0 Å². The molecule has 0 amide bonds. The van der Waals surface area contributed by atoms with Gasteiger partial charge in [-0.1, -0.05) is 0 Å². The number of aromatic nitrogens is 3. The third-order valence-corrected chi connectivity index (χ3v) is 2.26. The summed E-state index contributed by atoms with van der Waals surface area (Å²) < 4.78 is 6.08. The largest absolute Gasteiger partial charge is 0.436 e. The summed E-state index contributed by atoms with van der Waals surface area (Å²) in [5.74, 6) is 0.955. The predicted octanol–water partition coefficient (Wildman–Crippen LogP) is 3.08. The summed E-state index contributed by atoms with van der Waals surface area (Å²) in [6, 6.07) is 3.54. The van der Waals surface area contributed by atoms with E-state index in [9.17, 15) is 0 Å². The summed E-state index contributed by atoms with van der Waals surface area (Å²) in [6.45, 7) is 0. The summed E-state index contributed by atoms with van der Waals surface area (Å²) in [5, 5.41) is 0.136. The van der Waals surface area contributed by atoms with Gasteiger partial charge in [-0.05, 0) is 39.7 Å². The van der Waals surface area contributed by atoms with E-state index in [0.717, 1.165) is 0 Å². The highest BCUT2D eigenvalue weighted by Crippen LogP contribution is 2.26. The van der Waals surface area contributed by atoms with Gasteiger partial charge in [0.25, 0.3) is 0 Å². The topological polar surface area (TPSA) is 47.9 Å². The molecule has 2 heterocycles.